The Morgan fingerprint density at radius 1 is 1.37 bits per heavy atom. The summed E-state index contributed by atoms with van der Waals surface area (Å²) in [5, 5.41) is 10.3. The van der Waals surface area contributed by atoms with Crippen LogP contribution in [0.4, 0.5) is 0 Å². The van der Waals surface area contributed by atoms with E-state index >= 15 is 0 Å². The molecule has 1 unspecified atom stereocenters. The van der Waals surface area contributed by atoms with E-state index in [0.717, 1.165) is 10.7 Å². The summed E-state index contributed by atoms with van der Waals surface area (Å²) in [5.41, 5.74) is 1.23. The van der Waals surface area contributed by atoms with Crippen molar-refractivity contribution in [1.29, 1.82) is 0 Å². The van der Waals surface area contributed by atoms with Crippen LogP contribution in [0.3, 0.4) is 0 Å². The van der Waals surface area contributed by atoms with Crippen LogP contribution in [0.2, 0.25) is 0 Å². The third kappa shape index (κ3) is 3.61. The van der Waals surface area contributed by atoms with E-state index in [0.29, 0.717) is 18.3 Å². The van der Waals surface area contributed by atoms with Crippen molar-refractivity contribution in [3.8, 4) is 0 Å². The van der Waals surface area contributed by atoms with Gasteiger partial charge in [0.25, 0.3) is 0 Å². The molecule has 0 bridgehead atoms. The highest BCUT2D eigenvalue weighted by Crippen LogP contribution is 2.26. The van der Waals surface area contributed by atoms with Crippen LogP contribution in [0, 0.1) is 6.92 Å². The summed E-state index contributed by atoms with van der Waals surface area (Å²) in [4.78, 5) is 8.85. The number of aromatic nitrogens is 3. The van der Waals surface area contributed by atoms with Crippen molar-refractivity contribution >= 4 is 11.3 Å². The second kappa shape index (κ2) is 5.38. The van der Waals surface area contributed by atoms with Gasteiger partial charge in [0, 0.05) is 10.8 Å². The van der Waals surface area contributed by atoms with Crippen LogP contribution in [0.15, 0.2) is 9.90 Å². The van der Waals surface area contributed by atoms with Gasteiger partial charge in [0.05, 0.1) is 18.3 Å². The number of nitrogens with one attached hydrogen (secondary N) is 1. The van der Waals surface area contributed by atoms with Gasteiger partial charge in [-0.05, 0) is 13.8 Å². The number of hydrogen-bond acceptors (Lipinski definition) is 6. The maximum atomic E-state index is 5.07. The van der Waals surface area contributed by atoms with Crippen molar-refractivity contribution in [2.24, 2.45) is 0 Å². The molecule has 0 aliphatic carbocycles. The van der Waals surface area contributed by atoms with Gasteiger partial charge in [-0.15, -0.1) is 11.3 Å². The lowest BCUT2D eigenvalue weighted by atomic mass is 9.93. The molecule has 0 amide bonds. The van der Waals surface area contributed by atoms with Gasteiger partial charge < -0.3 is 4.52 Å². The molecule has 2 aromatic heterocycles. The Morgan fingerprint density at radius 3 is 2.63 bits per heavy atom. The fraction of sp³-hybridized carbons (Fsp3) is 0.615. The van der Waals surface area contributed by atoms with Crippen molar-refractivity contribution in [3.05, 3.63) is 27.8 Å². The molecule has 1 N–H and O–H groups in total. The third-order valence-corrected chi connectivity index (χ3v) is 3.82. The van der Waals surface area contributed by atoms with E-state index < -0.39 is 0 Å². The maximum Gasteiger partial charge on any atom is 0.240 e. The van der Waals surface area contributed by atoms with Crippen LogP contribution in [0.25, 0.3) is 0 Å². The van der Waals surface area contributed by atoms with Gasteiger partial charge >= 0.3 is 0 Å². The van der Waals surface area contributed by atoms with Gasteiger partial charge in [0.1, 0.15) is 5.01 Å². The maximum absolute atomic E-state index is 5.07. The second-order valence-corrected chi connectivity index (χ2v) is 6.55. The van der Waals surface area contributed by atoms with E-state index in [1.165, 1.54) is 0 Å². The minimum Gasteiger partial charge on any atom is -0.338 e. The molecule has 2 aromatic rings. The van der Waals surface area contributed by atoms with Crippen LogP contribution in [-0.2, 0) is 12.0 Å². The number of nitrogens with zero attached hydrogens (tertiary/aromatic N) is 3. The van der Waals surface area contributed by atoms with Crippen LogP contribution >= 0.6 is 11.3 Å². The summed E-state index contributed by atoms with van der Waals surface area (Å²) >= 11 is 1.68. The Bertz CT molecular complexity index is 541. The van der Waals surface area contributed by atoms with Crippen molar-refractivity contribution in [3.63, 3.8) is 0 Å². The molecule has 6 heteroatoms. The molecule has 0 spiro atoms. The standard InChI is InChI=1S/C13H20N4OS/c1-8(14-6-11-15-9(2)17-18-11)12-16-10(7-19-12)13(3,4)5/h7-8,14H,6H2,1-5H3. The number of hydrogen-bond donors (Lipinski definition) is 1. The van der Waals surface area contributed by atoms with E-state index in [-0.39, 0.29) is 11.5 Å². The Hall–Kier alpha value is -1.27. The lowest BCUT2D eigenvalue weighted by Crippen LogP contribution is -2.19. The van der Waals surface area contributed by atoms with Crippen molar-refractivity contribution in [1.82, 2.24) is 20.4 Å². The molecule has 0 aliphatic heterocycles. The van der Waals surface area contributed by atoms with Gasteiger partial charge in [0.15, 0.2) is 5.82 Å². The molecule has 19 heavy (non-hydrogen) atoms. The molecule has 1 atom stereocenters. The van der Waals surface area contributed by atoms with E-state index in [1.807, 2.05) is 6.92 Å². The molecule has 0 aliphatic rings. The lowest BCUT2D eigenvalue weighted by Gasteiger charge is -2.15. The first-order valence-corrected chi connectivity index (χ1v) is 7.22. The van der Waals surface area contributed by atoms with Gasteiger partial charge in [-0.25, -0.2) is 4.98 Å². The first-order valence-electron chi connectivity index (χ1n) is 6.35. The van der Waals surface area contributed by atoms with E-state index in [4.69, 9.17) is 4.52 Å². The number of rotatable bonds is 4. The van der Waals surface area contributed by atoms with Crippen molar-refractivity contribution in [2.45, 2.75) is 52.6 Å². The Morgan fingerprint density at radius 2 is 2.11 bits per heavy atom. The van der Waals surface area contributed by atoms with Gasteiger partial charge in [-0.2, -0.15) is 4.98 Å². The summed E-state index contributed by atoms with van der Waals surface area (Å²) in [7, 11) is 0. The summed E-state index contributed by atoms with van der Waals surface area (Å²) < 4.78 is 5.07. The van der Waals surface area contributed by atoms with E-state index in [2.05, 4.69) is 53.5 Å². The largest absolute Gasteiger partial charge is 0.338 e. The van der Waals surface area contributed by atoms with Crippen LogP contribution in [-0.4, -0.2) is 15.1 Å². The zero-order chi connectivity index (χ0) is 14.0. The Balaban J connectivity index is 1.96. The van der Waals surface area contributed by atoms with Crippen LogP contribution in [0.5, 0.6) is 0 Å². The molecule has 5 nitrogen and oxygen atoms in total. The normalized spacial score (nSPS) is 13.7. The monoisotopic (exact) mass is 280 g/mol. The fourth-order valence-electron chi connectivity index (χ4n) is 1.57. The van der Waals surface area contributed by atoms with Gasteiger partial charge in [-0.3, -0.25) is 5.32 Å². The quantitative estimate of drug-likeness (QED) is 0.932. The zero-order valence-corrected chi connectivity index (χ0v) is 12.8. The molecular weight excluding hydrogens is 260 g/mol. The minimum absolute atomic E-state index is 0.0953. The molecule has 0 radical (unpaired) electrons. The highest BCUT2D eigenvalue weighted by Gasteiger charge is 2.19. The highest BCUT2D eigenvalue weighted by molar-refractivity contribution is 7.09. The first kappa shape index (κ1) is 14.1. The average molecular weight is 280 g/mol. The summed E-state index contributed by atoms with van der Waals surface area (Å²) in [5.74, 6) is 1.27. The summed E-state index contributed by atoms with van der Waals surface area (Å²) in [6.07, 6.45) is 0. The average Bonchev–Trinajstić information content (AvgIpc) is 2.93. The van der Waals surface area contributed by atoms with E-state index in [9.17, 15) is 0 Å². The lowest BCUT2D eigenvalue weighted by molar-refractivity contribution is 0.357. The molecular formula is C13H20N4OS. The number of aryl methyl sites for hydroxylation is 1. The third-order valence-electron chi connectivity index (χ3n) is 2.79. The van der Waals surface area contributed by atoms with Crippen molar-refractivity contribution in [2.75, 3.05) is 0 Å². The molecule has 0 saturated carbocycles. The molecule has 0 saturated heterocycles. The number of thiazole rings is 1. The highest BCUT2D eigenvalue weighted by atomic mass is 32.1. The molecule has 2 heterocycles. The fourth-order valence-corrected chi connectivity index (χ4v) is 2.65. The SMILES string of the molecule is Cc1noc(CNC(C)c2nc(C(C)(C)C)cs2)n1. The van der Waals surface area contributed by atoms with Crippen molar-refractivity contribution < 1.29 is 4.52 Å². The predicted octanol–water partition coefficient (Wildman–Crippen LogP) is 2.98. The predicted molar refractivity (Wildman–Crippen MR) is 75.1 cm³/mol. The summed E-state index contributed by atoms with van der Waals surface area (Å²) in [6, 6.07) is 0.174. The van der Waals surface area contributed by atoms with Gasteiger partial charge in [-0.1, -0.05) is 25.9 Å². The van der Waals surface area contributed by atoms with E-state index in [1.54, 1.807) is 11.3 Å². The Kier molecular flexibility index (Phi) is 4.01. The Labute approximate surface area is 117 Å². The molecule has 0 aromatic carbocycles. The van der Waals surface area contributed by atoms with Crippen LogP contribution < -0.4 is 5.32 Å². The topological polar surface area (TPSA) is 63.8 Å². The molecule has 104 valence electrons. The second-order valence-electron chi connectivity index (χ2n) is 5.66. The molecule has 0 fully saturated rings. The smallest absolute Gasteiger partial charge is 0.240 e. The van der Waals surface area contributed by atoms with Gasteiger partial charge in [0.2, 0.25) is 5.89 Å². The molecule has 2 rings (SSSR count). The zero-order valence-electron chi connectivity index (χ0n) is 12.0. The summed E-state index contributed by atoms with van der Waals surface area (Å²) in [6.45, 7) is 11.0. The van der Waals surface area contributed by atoms with Crippen LogP contribution in [0.1, 0.15) is 56.2 Å². The minimum atomic E-state index is 0.0953. The first-order chi connectivity index (χ1) is 8.86.